The Morgan fingerprint density at radius 3 is 2.88 bits per heavy atom. The molecule has 0 fully saturated rings. The van der Waals surface area contributed by atoms with Gasteiger partial charge in [0.1, 0.15) is 0 Å². The first-order valence-corrected chi connectivity index (χ1v) is 5.14. The van der Waals surface area contributed by atoms with Gasteiger partial charge < -0.3 is 0 Å². The van der Waals surface area contributed by atoms with Crippen molar-refractivity contribution in [3.8, 4) is 0 Å². The number of aryl methyl sites for hydroxylation is 2. The summed E-state index contributed by atoms with van der Waals surface area (Å²) in [6.45, 7) is 4.03. The number of aromatic amines is 1. The Kier molecular flexibility index (Phi) is 1.68. The van der Waals surface area contributed by atoms with Crippen molar-refractivity contribution in [2.75, 3.05) is 0 Å². The summed E-state index contributed by atoms with van der Waals surface area (Å²) in [6, 6.07) is 7.94. The lowest BCUT2D eigenvalue weighted by Gasteiger charge is -2.06. The van der Waals surface area contributed by atoms with Gasteiger partial charge in [-0.2, -0.15) is 5.10 Å². The highest BCUT2D eigenvalue weighted by molar-refractivity contribution is 5.87. The second-order valence-corrected chi connectivity index (χ2v) is 4.02. The fourth-order valence-corrected chi connectivity index (χ4v) is 2.17. The number of nitrogens with zero attached hydrogens (tertiary/aromatic N) is 2. The number of H-pyrrole nitrogens is 1. The topological polar surface area (TPSA) is 50.2 Å². The van der Waals surface area contributed by atoms with E-state index in [1.165, 1.54) is 0 Å². The molecule has 2 aromatic heterocycles. The van der Waals surface area contributed by atoms with Crippen LogP contribution >= 0.6 is 0 Å². The molecule has 0 aliphatic heterocycles. The molecular formula is C12H11N3O. The van der Waals surface area contributed by atoms with E-state index in [2.05, 4.69) is 10.2 Å². The summed E-state index contributed by atoms with van der Waals surface area (Å²) in [5, 5.41) is 7.57. The minimum atomic E-state index is -0.186. The van der Waals surface area contributed by atoms with Crippen molar-refractivity contribution < 1.29 is 0 Å². The van der Waals surface area contributed by atoms with Crippen LogP contribution in [0.3, 0.4) is 0 Å². The van der Waals surface area contributed by atoms with Crippen molar-refractivity contribution in [3.05, 3.63) is 45.9 Å². The molecule has 0 spiro atoms. The molecule has 1 aromatic carbocycles. The zero-order valence-corrected chi connectivity index (χ0v) is 9.11. The lowest BCUT2D eigenvalue weighted by atomic mass is 10.1. The molecule has 4 nitrogen and oxygen atoms in total. The van der Waals surface area contributed by atoms with Crippen molar-refractivity contribution in [2.45, 2.75) is 13.8 Å². The molecule has 0 saturated heterocycles. The number of hydrogen-bond acceptors (Lipinski definition) is 2. The molecule has 0 radical (unpaired) electrons. The van der Waals surface area contributed by atoms with Gasteiger partial charge in [0.25, 0.3) is 0 Å². The quantitative estimate of drug-likeness (QED) is 0.619. The van der Waals surface area contributed by atoms with Crippen LogP contribution in [0.2, 0.25) is 0 Å². The maximum absolute atomic E-state index is 11.7. The molecule has 0 unspecified atom stereocenters. The molecule has 0 saturated carbocycles. The number of hydrogen-bond donors (Lipinski definition) is 1. The maximum atomic E-state index is 11.7. The Bertz CT molecular complexity index is 752. The van der Waals surface area contributed by atoms with Gasteiger partial charge >= 0.3 is 5.69 Å². The molecule has 2 heterocycles. The van der Waals surface area contributed by atoms with Crippen LogP contribution < -0.4 is 5.69 Å². The van der Waals surface area contributed by atoms with Crippen molar-refractivity contribution in [1.29, 1.82) is 0 Å². The number of pyridine rings is 1. The minimum absolute atomic E-state index is 0.186. The largest absolute Gasteiger partial charge is 0.348 e. The van der Waals surface area contributed by atoms with Gasteiger partial charge in [0.2, 0.25) is 0 Å². The van der Waals surface area contributed by atoms with Gasteiger partial charge in [-0.25, -0.2) is 14.3 Å². The molecule has 0 aliphatic rings. The SMILES string of the molecule is Cc1cc2n[nH]c(=O)n2c2c(C)cccc12. The first kappa shape index (κ1) is 9.15. The van der Waals surface area contributed by atoms with E-state index in [0.29, 0.717) is 5.65 Å². The number of nitrogens with one attached hydrogen (secondary N) is 1. The number of aromatic nitrogens is 3. The first-order valence-electron chi connectivity index (χ1n) is 5.14. The zero-order valence-electron chi connectivity index (χ0n) is 9.11. The predicted octanol–water partition coefficient (Wildman–Crippen LogP) is 1.79. The van der Waals surface area contributed by atoms with E-state index in [9.17, 15) is 4.79 Å². The normalized spacial score (nSPS) is 11.4. The van der Waals surface area contributed by atoms with Gasteiger partial charge in [-0.15, -0.1) is 0 Å². The van der Waals surface area contributed by atoms with Gasteiger partial charge in [0.05, 0.1) is 5.52 Å². The Labute approximate surface area is 91.5 Å². The van der Waals surface area contributed by atoms with Crippen LogP contribution in [0.4, 0.5) is 0 Å². The average molecular weight is 213 g/mol. The second-order valence-electron chi connectivity index (χ2n) is 4.02. The lowest BCUT2D eigenvalue weighted by molar-refractivity contribution is 1.04. The highest BCUT2D eigenvalue weighted by Gasteiger charge is 2.09. The molecule has 1 N–H and O–H groups in total. The Hall–Kier alpha value is -2.10. The van der Waals surface area contributed by atoms with Crippen LogP contribution in [0.25, 0.3) is 16.6 Å². The number of fused-ring (bicyclic) bond motifs is 3. The summed E-state index contributed by atoms with van der Waals surface area (Å²) in [5.74, 6) is 0. The second kappa shape index (κ2) is 2.95. The summed E-state index contributed by atoms with van der Waals surface area (Å²) in [4.78, 5) is 11.7. The molecule has 3 aromatic rings. The fraction of sp³-hybridized carbons (Fsp3) is 0.167. The maximum Gasteiger partial charge on any atom is 0.348 e. The highest BCUT2D eigenvalue weighted by atomic mass is 16.1. The molecule has 0 atom stereocenters. The van der Waals surface area contributed by atoms with Crippen molar-refractivity contribution in [1.82, 2.24) is 14.6 Å². The van der Waals surface area contributed by atoms with Crippen LogP contribution in [0.5, 0.6) is 0 Å². The highest BCUT2D eigenvalue weighted by Crippen LogP contribution is 2.21. The Morgan fingerprint density at radius 2 is 2.06 bits per heavy atom. The third-order valence-corrected chi connectivity index (χ3v) is 2.93. The van der Waals surface area contributed by atoms with E-state index >= 15 is 0 Å². The number of para-hydroxylation sites is 1. The Morgan fingerprint density at radius 1 is 1.25 bits per heavy atom. The van der Waals surface area contributed by atoms with E-state index in [4.69, 9.17) is 0 Å². The smallest absolute Gasteiger partial charge is 0.246 e. The Balaban J connectivity index is 2.76. The third-order valence-electron chi connectivity index (χ3n) is 2.93. The van der Waals surface area contributed by atoms with Crippen LogP contribution in [0.1, 0.15) is 11.1 Å². The number of rotatable bonds is 0. The average Bonchev–Trinajstić information content (AvgIpc) is 2.61. The van der Waals surface area contributed by atoms with Gasteiger partial charge in [0.15, 0.2) is 5.65 Å². The standard InChI is InChI=1S/C12H11N3O/c1-7-4-3-5-9-8(2)6-10-13-14-12(16)15(10)11(7)9/h3-6H,1-2H3,(H,14,16). The van der Waals surface area contributed by atoms with E-state index in [0.717, 1.165) is 22.0 Å². The summed E-state index contributed by atoms with van der Waals surface area (Å²) >= 11 is 0. The van der Waals surface area contributed by atoms with E-state index in [1.54, 1.807) is 4.40 Å². The third kappa shape index (κ3) is 1.04. The van der Waals surface area contributed by atoms with Crippen LogP contribution in [-0.4, -0.2) is 14.6 Å². The monoisotopic (exact) mass is 213 g/mol. The minimum Gasteiger partial charge on any atom is -0.246 e. The lowest BCUT2D eigenvalue weighted by Crippen LogP contribution is -2.11. The molecule has 4 heteroatoms. The molecule has 0 bridgehead atoms. The summed E-state index contributed by atoms with van der Waals surface area (Å²) in [6.07, 6.45) is 0. The zero-order chi connectivity index (χ0) is 11.3. The molecular weight excluding hydrogens is 202 g/mol. The summed E-state index contributed by atoms with van der Waals surface area (Å²) < 4.78 is 1.62. The number of benzene rings is 1. The van der Waals surface area contributed by atoms with Crippen LogP contribution in [-0.2, 0) is 0 Å². The van der Waals surface area contributed by atoms with Crippen molar-refractivity contribution in [2.24, 2.45) is 0 Å². The van der Waals surface area contributed by atoms with Gasteiger partial charge in [-0.3, -0.25) is 0 Å². The summed E-state index contributed by atoms with van der Waals surface area (Å²) in [5.41, 5.74) is 3.63. The predicted molar refractivity (Wildman–Crippen MR) is 62.8 cm³/mol. The van der Waals surface area contributed by atoms with Crippen LogP contribution in [0.15, 0.2) is 29.1 Å². The van der Waals surface area contributed by atoms with Gasteiger partial charge in [0, 0.05) is 5.39 Å². The van der Waals surface area contributed by atoms with Gasteiger partial charge in [-0.05, 0) is 31.0 Å². The fourth-order valence-electron chi connectivity index (χ4n) is 2.17. The van der Waals surface area contributed by atoms with E-state index in [1.807, 2.05) is 38.1 Å². The van der Waals surface area contributed by atoms with E-state index in [-0.39, 0.29) is 5.69 Å². The molecule has 0 amide bonds. The molecule has 16 heavy (non-hydrogen) atoms. The van der Waals surface area contributed by atoms with Crippen molar-refractivity contribution in [3.63, 3.8) is 0 Å². The van der Waals surface area contributed by atoms with Crippen LogP contribution in [0, 0.1) is 13.8 Å². The summed E-state index contributed by atoms with van der Waals surface area (Å²) in [7, 11) is 0. The first-order chi connectivity index (χ1) is 7.68. The molecule has 80 valence electrons. The molecule has 3 rings (SSSR count). The van der Waals surface area contributed by atoms with Crippen molar-refractivity contribution >= 4 is 16.6 Å². The molecule has 0 aliphatic carbocycles. The van der Waals surface area contributed by atoms with Gasteiger partial charge in [-0.1, -0.05) is 18.2 Å². The van der Waals surface area contributed by atoms with E-state index < -0.39 is 0 Å².